The highest BCUT2D eigenvalue weighted by molar-refractivity contribution is 5.52. The number of nitriles is 1. The number of nitrogens with one attached hydrogen (secondary N) is 1. The number of hydrogen-bond acceptors (Lipinski definition) is 4. The van der Waals surface area contributed by atoms with Gasteiger partial charge in [0.05, 0.1) is 23.3 Å². The van der Waals surface area contributed by atoms with Crippen molar-refractivity contribution in [1.82, 2.24) is 9.88 Å². The molecule has 3 heterocycles. The van der Waals surface area contributed by atoms with Crippen LogP contribution in [0, 0.1) is 11.3 Å². The second-order valence-corrected chi connectivity index (χ2v) is 7.43. The third-order valence-electron chi connectivity index (χ3n) is 5.83. The number of aromatic nitrogens is 1. The molecule has 0 radical (unpaired) electrons. The smallest absolute Gasteiger partial charge is 0.0992 e. The molecular weight excluding hydrogens is 348 g/mol. The number of rotatable bonds is 2. The zero-order valence-corrected chi connectivity index (χ0v) is 16.2. The number of methoxy groups -OCH3 is 1. The molecular formula is C23H26N4O. The van der Waals surface area contributed by atoms with Crippen molar-refractivity contribution in [1.29, 1.82) is 5.26 Å². The molecule has 1 spiro atoms. The predicted octanol–water partition coefficient (Wildman–Crippen LogP) is 3.85. The summed E-state index contributed by atoms with van der Waals surface area (Å²) in [5.74, 6) is 0. The van der Waals surface area contributed by atoms with Crippen molar-refractivity contribution in [2.75, 3.05) is 25.1 Å². The molecule has 1 aromatic carbocycles. The van der Waals surface area contributed by atoms with Gasteiger partial charge in [0.25, 0.3) is 0 Å². The molecule has 0 amide bonds. The van der Waals surface area contributed by atoms with E-state index in [1.165, 1.54) is 5.69 Å². The van der Waals surface area contributed by atoms with Gasteiger partial charge < -0.3 is 19.5 Å². The monoisotopic (exact) mass is 374 g/mol. The van der Waals surface area contributed by atoms with Crippen LogP contribution in [0.2, 0.25) is 0 Å². The van der Waals surface area contributed by atoms with Crippen LogP contribution in [-0.2, 0) is 10.3 Å². The standard InChI is InChI=1S/C23H26N4O/c1-28-21-7-3-13-27-14-4-8-22(27)23(25-12-9-21)10-15-26(16-11-23)20-6-2-5-19(17-20)18-24/h2-6,8-9,12-14,17,21,25H,7,10-11,15-16H2,1H3/b12-9+,13-3+. The van der Waals surface area contributed by atoms with Gasteiger partial charge in [-0.2, -0.15) is 5.26 Å². The highest BCUT2D eigenvalue weighted by Crippen LogP contribution is 2.35. The molecule has 1 atom stereocenters. The minimum Gasteiger partial charge on any atom is -0.380 e. The van der Waals surface area contributed by atoms with Crippen LogP contribution in [0.15, 0.2) is 60.9 Å². The number of ether oxygens (including phenoxy) is 1. The number of benzene rings is 1. The van der Waals surface area contributed by atoms with E-state index in [1.54, 1.807) is 7.11 Å². The van der Waals surface area contributed by atoms with Crippen molar-refractivity contribution in [2.24, 2.45) is 0 Å². The Bertz CT molecular complexity index is 913. The highest BCUT2D eigenvalue weighted by atomic mass is 16.5. The van der Waals surface area contributed by atoms with Gasteiger partial charge in [0, 0.05) is 44.0 Å². The third-order valence-corrected chi connectivity index (χ3v) is 5.83. The fourth-order valence-electron chi connectivity index (χ4n) is 4.20. The Morgan fingerprint density at radius 3 is 2.86 bits per heavy atom. The van der Waals surface area contributed by atoms with Gasteiger partial charge in [-0.1, -0.05) is 12.1 Å². The summed E-state index contributed by atoms with van der Waals surface area (Å²) in [7, 11) is 1.75. The van der Waals surface area contributed by atoms with Gasteiger partial charge >= 0.3 is 0 Å². The van der Waals surface area contributed by atoms with Crippen LogP contribution in [-0.4, -0.2) is 30.9 Å². The number of piperidine rings is 1. The van der Waals surface area contributed by atoms with Gasteiger partial charge in [-0.25, -0.2) is 0 Å². The average molecular weight is 374 g/mol. The summed E-state index contributed by atoms with van der Waals surface area (Å²) >= 11 is 0. The Kier molecular flexibility index (Phi) is 5.23. The fourth-order valence-corrected chi connectivity index (χ4v) is 4.20. The van der Waals surface area contributed by atoms with E-state index in [4.69, 9.17) is 4.74 Å². The summed E-state index contributed by atoms with van der Waals surface area (Å²) in [4.78, 5) is 2.37. The molecule has 1 saturated heterocycles. The van der Waals surface area contributed by atoms with Gasteiger partial charge in [-0.05, 0) is 61.9 Å². The molecule has 5 heteroatoms. The van der Waals surface area contributed by atoms with Crippen LogP contribution >= 0.6 is 0 Å². The number of fused-ring (bicyclic) bond motifs is 2. The average Bonchev–Trinajstić information content (AvgIpc) is 3.22. The Morgan fingerprint density at radius 1 is 1.21 bits per heavy atom. The van der Waals surface area contributed by atoms with Crippen molar-refractivity contribution in [3.05, 3.63) is 72.2 Å². The van der Waals surface area contributed by atoms with E-state index < -0.39 is 0 Å². The summed E-state index contributed by atoms with van der Waals surface area (Å²) in [6.07, 6.45) is 13.5. The Morgan fingerprint density at radius 2 is 2.07 bits per heavy atom. The molecule has 28 heavy (non-hydrogen) atoms. The molecule has 5 nitrogen and oxygen atoms in total. The number of hydrogen-bond donors (Lipinski definition) is 1. The maximum absolute atomic E-state index is 9.19. The molecule has 1 N–H and O–H groups in total. The van der Waals surface area contributed by atoms with E-state index in [9.17, 15) is 5.26 Å². The lowest BCUT2D eigenvalue weighted by Crippen LogP contribution is -2.50. The lowest BCUT2D eigenvalue weighted by molar-refractivity contribution is 0.142. The van der Waals surface area contributed by atoms with Crippen molar-refractivity contribution in [3.63, 3.8) is 0 Å². The molecule has 0 aliphatic carbocycles. The van der Waals surface area contributed by atoms with Crippen LogP contribution < -0.4 is 10.2 Å². The van der Waals surface area contributed by atoms with E-state index in [0.717, 1.165) is 38.0 Å². The van der Waals surface area contributed by atoms with Crippen molar-refractivity contribution in [3.8, 4) is 6.07 Å². The summed E-state index contributed by atoms with van der Waals surface area (Å²) in [5.41, 5.74) is 3.00. The third kappa shape index (κ3) is 3.56. The first-order chi connectivity index (χ1) is 13.7. The quantitative estimate of drug-likeness (QED) is 0.868. The summed E-state index contributed by atoms with van der Waals surface area (Å²) in [5, 5.41) is 12.9. The van der Waals surface area contributed by atoms with Gasteiger partial charge in [-0.15, -0.1) is 0 Å². The SMILES string of the molecule is COC1/C=C/NC2(CCN(c3cccc(C#N)c3)CC2)c2cccn2/C=C/C1. The lowest BCUT2D eigenvalue weighted by Gasteiger charge is -2.43. The topological polar surface area (TPSA) is 53.2 Å². The van der Waals surface area contributed by atoms with Gasteiger partial charge in [0.1, 0.15) is 0 Å². The van der Waals surface area contributed by atoms with E-state index in [1.807, 2.05) is 18.2 Å². The first-order valence-corrected chi connectivity index (χ1v) is 9.80. The molecule has 2 aliphatic rings. The normalized spacial score (nSPS) is 23.3. The Hall–Kier alpha value is -2.97. The predicted molar refractivity (Wildman–Crippen MR) is 112 cm³/mol. The minimum absolute atomic E-state index is 0.0757. The van der Waals surface area contributed by atoms with E-state index in [-0.39, 0.29) is 11.6 Å². The van der Waals surface area contributed by atoms with Gasteiger partial charge in [0.2, 0.25) is 0 Å². The molecule has 1 fully saturated rings. The van der Waals surface area contributed by atoms with Gasteiger partial charge in [-0.3, -0.25) is 0 Å². The fraction of sp³-hybridized carbons (Fsp3) is 0.348. The molecule has 2 aromatic rings. The largest absolute Gasteiger partial charge is 0.380 e. The van der Waals surface area contributed by atoms with Crippen molar-refractivity contribution >= 4 is 11.9 Å². The van der Waals surface area contributed by atoms with Crippen LogP contribution in [0.4, 0.5) is 5.69 Å². The number of nitrogens with zero attached hydrogens (tertiary/aromatic N) is 3. The zero-order valence-electron chi connectivity index (χ0n) is 16.2. The molecule has 1 unspecified atom stereocenters. The van der Waals surface area contributed by atoms with Crippen molar-refractivity contribution < 1.29 is 4.74 Å². The maximum Gasteiger partial charge on any atom is 0.0992 e. The second kappa shape index (κ2) is 7.95. The second-order valence-electron chi connectivity index (χ2n) is 7.43. The van der Waals surface area contributed by atoms with Crippen molar-refractivity contribution in [2.45, 2.75) is 30.9 Å². The van der Waals surface area contributed by atoms with Crippen LogP contribution in [0.5, 0.6) is 0 Å². The Balaban J connectivity index is 1.60. The van der Waals surface area contributed by atoms with E-state index in [2.05, 4.69) is 69.8 Å². The Labute approximate surface area is 166 Å². The maximum atomic E-state index is 9.19. The summed E-state index contributed by atoms with van der Waals surface area (Å²) < 4.78 is 7.77. The molecule has 4 rings (SSSR count). The highest BCUT2D eigenvalue weighted by Gasteiger charge is 2.37. The van der Waals surface area contributed by atoms with E-state index in [0.29, 0.717) is 5.56 Å². The lowest BCUT2D eigenvalue weighted by atomic mass is 9.83. The molecule has 144 valence electrons. The molecule has 0 saturated carbocycles. The number of anilines is 1. The summed E-state index contributed by atoms with van der Waals surface area (Å²) in [6.45, 7) is 1.86. The van der Waals surface area contributed by atoms with Crippen LogP contribution in [0.3, 0.4) is 0 Å². The van der Waals surface area contributed by atoms with Crippen LogP contribution in [0.25, 0.3) is 6.20 Å². The molecule has 1 aromatic heterocycles. The summed E-state index contributed by atoms with van der Waals surface area (Å²) in [6, 6.07) is 14.5. The van der Waals surface area contributed by atoms with Gasteiger partial charge in [0.15, 0.2) is 0 Å². The minimum atomic E-state index is -0.122. The van der Waals surface area contributed by atoms with Crippen LogP contribution in [0.1, 0.15) is 30.5 Å². The first kappa shape index (κ1) is 18.4. The molecule has 0 bridgehead atoms. The molecule has 2 aliphatic heterocycles. The zero-order chi connectivity index (χ0) is 19.4. The van der Waals surface area contributed by atoms with E-state index >= 15 is 0 Å². The first-order valence-electron chi connectivity index (χ1n) is 9.80.